The molecule has 7 heteroatoms. The van der Waals surface area contributed by atoms with E-state index in [9.17, 15) is 9.59 Å². The van der Waals surface area contributed by atoms with E-state index in [1.165, 1.54) is 13.4 Å². The Labute approximate surface area is 162 Å². The lowest BCUT2D eigenvalue weighted by Gasteiger charge is -2.37. The number of nitrogens with zero attached hydrogens (tertiary/aromatic N) is 1. The Balaban J connectivity index is 2.39. The third kappa shape index (κ3) is 3.32. The van der Waals surface area contributed by atoms with E-state index in [-0.39, 0.29) is 17.8 Å². The monoisotopic (exact) mass is 389 g/mol. The summed E-state index contributed by atoms with van der Waals surface area (Å²) in [6, 6.07) is 7.03. The summed E-state index contributed by atoms with van der Waals surface area (Å²) in [5.41, 5.74) is 2.66. The second kappa shape index (κ2) is 7.88. The molecule has 27 heavy (non-hydrogen) atoms. The quantitative estimate of drug-likeness (QED) is 0.736. The molecule has 6 nitrogen and oxygen atoms in total. The van der Waals surface area contributed by atoms with Crippen LogP contribution in [-0.2, 0) is 23.8 Å². The maximum atomic E-state index is 12.9. The van der Waals surface area contributed by atoms with Crippen molar-refractivity contribution in [1.82, 2.24) is 4.90 Å². The van der Waals surface area contributed by atoms with Gasteiger partial charge in [0.1, 0.15) is 12.9 Å². The van der Waals surface area contributed by atoms with Gasteiger partial charge in [-0.2, -0.15) is 0 Å². The van der Waals surface area contributed by atoms with Gasteiger partial charge >= 0.3 is 11.9 Å². The Hall–Kier alpha value is -2.73. The van der Waals surface area contributed by atoms with Crippen molar-refractivity contribution < 1.29 is 23.8 Å². The first kappa shape index (κ1) is 19.0. The third-order valence-electron chi connectivity index (χ3n) is 4.45. The average molecular weight is 390 g/mol. The SMILES string of the molecule is CCOC(=O)C1=C(c2ccccc2Cl)C(C(=O)OC)=C(C)N2CCOC=C12. The first-order valence-electron chi connectivity index (χ1n) is 8.56. The van der Waals surface area contributed by atoms with Crippen molar-refractivity contribution in [2.24, 2.45) is 0 Å². The minimum atomic E-state index is -0.553. The van der Waals surface area contributed by atoms with Crippen molar-refractivity contribution in [3.63, 3.8) is 0 Å². The van der Waals surface area contributed by atoms with Gasteiger partial charge in [-0.05, 0) is 19.9 Å². The molecule has 0 saturated carbocycles. The van der Waals surface area contributed by atoms with Crippen LogP contribution in [-0.4, -0.2) is 43.7 Å². The molecule has 1 aromatic rings. The summed E-state index contributed by atoms with van der Waals surface area (Å²) in [7, 11) is 1.31. The molecule has 0 aromatic heterocycles. The van der Waals surface area contributed by atoms with Gasteiger partial charge in [-0.25, -0.2) is 9.59 Å². The molecule has 1 aromatic carbocycles. The first-order chi connectivity index (χ1) is 13.0. The number of carbonyl (C=O) groups is 2. The molecule has 0 spiro atoms. The standard InChI is InChI=1S/C20H20ClNO5/c1-4-27-20(24)18-15-11-26-10-9-22(15)12(2)16(19(23)25-3)17(18)13-7-5-6-8-14(13)21/h5-8,11H,4,9-10H2,1-3H3. The Morgan fingerprint density at radius 3 is 2.63 bits per heavy atom. The van der Waals surface area contributed by atoms with E-state index in [0.717, 1.165) is 0 Å². The van der Waals surface area contributed by atoms with Gasteiger partial charge in [0, 0.05) is 21.9 Å². The summed E-state index contributed by atoms with van der Waals surface area (Å²) >= 11 is 6.42. The number of allylic oxidation sites excluding steroid dienone is 1. The van der Waals surface area contributed by atoms with Crippen LogP contribution < -0.4 is 0 Å². The fourth-order valence-corrected chi connectivity index (χ4v) is 3.50. The van der Waals surface area contributed by atoms with Crippen LogP contribution in [0.4, 0.5) is 0 Å². The van der Waals surface area contributed by atoms with Crippen LogP contribution in [0.3, 0.4) is 0 Å². The zero-order valence-electron chi connectivity index (χ0n) is 15.4. The largest absolute Gasteiger partial charge is 0.497 e. The van der Waals surface area contributed by atoms with Gasteiger partial charge in [0.05, 0.1) is 37.1 Å². The molecule has 0 fully saturated rings. The molecular formula is C20H20ClNO5. The Bertz CT molecular complexity index is 884. The number of methoxy groups -OCH3 is 1. The second-order valence-electron chi connectivity index (χ2n) is 5.93. The molecule has 0 unspecified atom stereocenters. The van der Waals surface area contributed by atoms with Gasteiger partial charge in [-0.3, -0.25) is 0 Å². The van der Waals surface area contributed by atoms with Crippen LogP contribution in [0.2, 0.25) is 5.02 Å². The van der Waals surface area contributed by atoms with Crippen LogP contribution in [0.5, 0.6) is 0 Å². The van der Waals surface area contributed by atoms with Gasteiger partial charge in [-0.15, -0.1) is 0 Å². The van der Waals surface area contributed by atoms with Gasteiger partial charge < -0.3 is 19.1 Å². The number of rotatable bonds is 4. The smallest absolute Gasteiger partial charge is 0.341 e. The number of hydrogen-bond acceptors (Lipinski definition) is 6. The number of carbonyl (C=O) groups excluding carboxylic acids is 2. The van der Waals surface area contributed by atoms with E-state index in [1.54, 1.807) is 31.2 Å². The fraction of sp³-hybridized carbons (Fsp3) is 0.300. The van der Waals surface area contributed by atoms with E-state index in [0.29, 0.717) is 40.7 Å². The molecule has 0 radical (unpaired) electrons. The molecular weight excluding hydrogens is 370 g/mol. The number of halogens is 1. The van der Waals surface area contributed by atoms with E-state index in [2.05, 4.69) is 0 Å². The molecule has 3 rings (SSSR count). The highest BCUT2D eigenvalue weighted by Crippen LogP contribution is 2.43. The lowest BCUT2D eigenvalue weighted by molar-refractivity contribution is -0.138. The van der Waals surface area contributed by atoms with E-state index in [1.807, 2.05) is 11.8 Å². The fourth-order valence-electron chi connectivity index (χ4n) is 3.27. The van der Waals surface area contributed by atoms with Crippen molar-refractivity contribution in [3.05, 3.63) is 63.7 Å². The second-order valence-corrected chi connectivity index (χ2v) is 6.34. The molecule has 0 N–H and O–H groups in total. The average Bonchev–Trinajstić information content (AvgIpc) is 2.68. The zero-order chi connectivity index (χ0) is 19.6. The number of hydrogen-bond donors (Lipinski definition) is 0. The Morgan fingerprint density at radius 2 is 1.96 bits per heavy atom. The summed E-state index contributed by atoms with van der Waals surface area (Å²) in [6.07, 6.45) is 1.52. The highest BCUT2D eigenvalue weighted by atomic mass is 35.5. The van der Waals surface area contributed by atoms with Crippen molar-refractivity contribution in [1.29, 1.82) is 0 Å². The lowest BCUT2D eigenvalue weighted by Crippen LogP contribution is -2.37. The topological polar surface area (TPSA) is 65.1 Å². The summed E-state index contributed by atoms with van der Waals surface area (Å²) in [5, 5.41) is 0.411. The highest BCUT2D eigenvalue weighted by Gasteiger charge is 2.39. The summed E-state index contributed by atoms with van der Waals surface area (Å²) in [4.78, 5) is 27.4. The van der Waals surface area contributed by atoms with Gasteiger partial charge in [0.15, 0.2) is 0 Å². The summed E-state index contributed by atoms with van der Waals surface area (Å²) < 4.78 is 15.8. The van der Waals surface area contributed by atoms with Crippen molar-refractivity contribution in [3.8, 4) is 0 Å². The maximum absolute atomic E-state index is 12.9. The van der Waals surface area contributed by atoms with Crippen molar-refractivity contribution >= 4 is 29.1 Å². The molecule has 0 amide bonds. The summed E-state index contributed by atoms with van der Waals surface area (Å²) in [5.74, 6) is -1.10. The predicted octanol–water partition coefficient (Wildman–Crippen LogP) is 3.29. The number of fused-ring (bicyclic) bond motifs is 1. The molecule has 0 atom stereocenters. The molecule has 2 aliphatic heterocycles. The van der Waals surface area contributed by atoms with Crippen LogP contribution in [0.15, 0.2) is 53.1 Å². The zero-order valence-corrected chi connectivity index (χ0v) is 16.1. The number of ether oxygens (including phenoxy) is 3. The van der Waals surface area contributed by atoms with E-state index < -0.39 is 11.9 Å². The molecule has 0 aliphatic carbocycles. The minimum absolute atomic E-state index is 0.197. The highest BCUT2D eigenvalue weighted by molar-refractivity contribution is 6.33. The van der Waals surface area contributed by atoms with Crippen molar-refractivity contribution in [2.75, 3.05) is 26.9 Å². The molecule has 142 valence electrons. The predicted molar refractivity (Wildman–Crippen MR) is 100 cm³/mol. The first-order valence-corrected chi connectivity index (χ1v) is 8.94. The number of esters is 2. The van der Waals surface area contributed by atoms with Crippen LogP contribution in [0, 0.1) is 0 Å². The van der Waals surface area contributed by atoms with Crippen LogP contribution >= 0.6 is 11.6 Å². The molecule has 0 saturated heterocycles. The van der Waals surface area contributed by atoms with Gasteiger partial charge in [-0.1, -0.05) is 29.8 Å². The normalized spacial score (nSPS) is 16.4. The van der Waals surface area contributed by atoms with Gasteiger partial charge in [0.25, 0.3) is 0 Å². The summed E-state index contributed by atoms with van der Waals surface area (Å²) in [6.45, 7) is 4.67. The Kier molecular flexibility index (Phi) is 5.56. The van der Waals surface area contributed by atoms with Crippen molar-refractivity contribution in [2.45, 2.75) is 13.8 Å². The minimum Gasteiger partial charge on any atom is -0.497 e. The number of benzene rings is 1. The molecule has 2 heterocycles. The van der Waals surface area contributed by atoms with Crippen LogP contribution in [0.25, 0.3) is 5.57 Å². The molecule has 0 bridgehead atoms. The molecule has 2 aliphatic rings. The van der Waals surface area contributed by atoms with E-state index in [4.69, 9.17) is 25.8 Å². The maximum Gasteiger partial charge on any atom is 0.341 e. The van der Waals surface area contributed by atoms with E-state index >= 15 is 0 Å². The lowest BCUT2D eigenvalue weighted by atomic mass is 9.86. The Morgan fingerprint density at radius 1 is 1.22 bits per heavy atom. The third-order valence-corrected chi connectivity index (χ3v) is 4.78. The van der Waals surface area contributed by atoms with Gasteiger partial charge in [0.2, 0.25) is 0 Å². The van der Waals surface area contributed by atoms with Crippen LogP contribution in [0.1, 0.15) is 19.4 Å².